The van der Waals surface area contributed by atoms with Gasteiger partial charge in [0.15, 0.2) is 0 Å². The van der Waals surface area contributed by atoms with Crippen LogP contribution in [0, 0.1) is 37.9 Å². The van der Waals surface area contributed by atoms with E-state index in [2.05, 4.69) is 6.07 Å². The molecule has 0 N–H and O–H groups in total. The highest BCUT2D eigenvalue weighted by molar-refractivity contribution is 5.47. The van der Waals surface area contributed by atoms with Gasteiger partial charge in [0, 0.05) is 0 Å². The lowest BCUT2D eigenvalue weighted by Gasteiger charge is -2.14. The van der Waals surface area contributed by atoms with Crippen molar-refractivity contribution in [2.75, 3.05) is 0 Å². The van der Waals surface area contributed by atoms with Crippen molar-refractivity contribution in [3.63, 3.8) is 0 Å². The molecule has 3 heteroatoms. The highest BCUT2D eigenvalue weighted by Crippen LogP contribution is 2.26. The van der Waals surface area contributed by atoms with Gasteiger partial charge in [0.2, 0.25) is 0 Å². The summed E-state index contributed by atoms with van der Waals surface area (Å²) >= 11 is 0. The van der Waals surface area contributed by atoms with Crippen LogP contribution in [0.5, 0.6) is 5.75 Å². The van der Waals surface area contributed by atoms with Crippen molar-refractivity contribution in [2.24, 2.45) is 0 Å². The van der Waals surface area contributed by atoms with Gasteiger partial charge >= 0.3 is 0 Å². The molecule has 0 aromatic heterocycles. The fourth-order valence-electron chi connectivity index (χ4n) is 2.19. The molecule has 0 radical (unpaired) electrons. The first-order chi connectivity index (χ1) is 9.51. The number of hydrogen-bond donors (Lipinski definition) is 0. The van der Waals surface area contributed by atoms with Crippen molar-refractivity contribution in [1.82, 2.24) is 0 Å². The van der Waals surface area contributed by atoms with Crippen LogP contribution in [0.25, 0.3) is 0 Å². The van der Waals surface area contributed by atoms with Gasteiger partial charge in [0.25, 0.3) is 0 Å². The molecule has 0 aliphatic heterocycles. The maximum absolute atomic E-state index is 13.2. The first-order valence-electron chi connectivity index (χ1n) is 6.40. The molecule has 0 aliphatic carbocycles. The third kappa shape index (κ3) is 2.97. The van der Waals surface area contributed by atoms with Crippen LogP contribution in [0.15, 0.2) is 30.3 Å². The average Bonchev–Trinajstić information content (AvgIpc) is 2.41. The molecule has 0 atom stereocenters. The second kappa shape index (κ2) is 5.75. The van der Waals surface area contributed by atoms with Crippen molar-refractivity contribution in [2.45, 2.75) is 27.4 Å². The Balaban J connectivity index is 2.23. The van der Waals surface area contributed by atoms with E-state index >= 15 is 0 Å². The highest BCUT2D eigenvalue weighted by Gasteiger charge is 2.08. The standard InChI is InChI=1S/C17H16FNO/c1-11-4-5-16(18)8-15(11)10-20-17-12(2)6-14(9-19)7-13(17)3/h4-8H,10H2,1-3H3. The monoisotopic (exact) mass is 269 g/mol. The zero-order valence-electron chi connectivity index (χ0n) is 11.8. The van der Waals surface area contributed by atoms with Crippen LogP contribution in [-0.2, 0) is 6.61 Å². The summed E-state index contributed by atoms with van der Waals surface area (Å²) in [6.45, 7) is 6.05. The molecule has 0 heterocycles. The van der Waals surface area contributed by atoms with Gasteiger partial charge in [-0.15, -0.1) is 0 Å². The Labute approximate surface area is 118 Å². The first-order valence-corrected chi connectivity index (χ1v) is 6.40. The molecule has 0 saturated heterocycles. The second-order valence-corrected chi connectivity index (χ2v) is 4.91. The summed E-state index contributed by atoms with van der Waals surface area (Å²) in [7, 11) is 0. The Morgan fingerprint density at radius 1 is 1.05 bits per heavy atom. The molecule has 102 valence electrons. The fraction of sp³-hybridized carbons (Fsp3) is 0.235. The molecular weight excluding hydrogens is 253 g/mol. The Bertz CT molecular complexity index is 663. The van der Waals surface area contributed by atoms with Crippen molar-refractivity contribution in [3.05, 3.63) is 64.0 Å². The minimum atomic E-state index is -0.262. The number of nitrogens with zero attached hydrogens (tertiary/aromatic N) is 1. The summed E-state index contributed by atoms with van der Waals surface area (Å²) in [6, 6.07) is 10.4. The van der Waals surface area contributed by atoms with Crippen LogP contribution in [0.2, 0.25) is 0 Å². The fourth-order valence-corrected chi connectivity index (χ4v) is 2.19. The molecule has 0 amide bonds. The van der Waals surface area contributed by atoms with E-state index in [1.165, 1.54) is 12.1 Å². The van der Waals surface area contributed by atoms with Crippen LogP contribution < -0.4 is 4.74 Å². The Morgan fingerprint density at radius 2 is 1.70 bits per heavy atom. The molecule has 0 aliphatic rings. The lowest BCUT2D eigenvalue weighted by molar-refractivity contribution is 0.300. The van der Waals surface area contributed by atoms with Crippen LogP contribution >= 0.6 is 0 Å². The number of hydrogen-bond acceptors (Lipinski definition) is 2. The van der Waals surface area contributed by atoms with Crippen molar-refractivity contribution in [3.8, 4) is 11.8 Å². The van der Waals surface area contributed by atoms with E-state index in [0.29, 0.717) is 12.2 Å². The quantitative estimate of drug-likeness (QED) is 0.836. The highest BCUT2D eigenvalue weighted by atomic mass is 19.1. The van der Waals surface area contributed by atoms with E-state index in [4.69, 9.17) is 10.00 Å². The second-order valence-electron chi connectivity index (χ2n) is 4.91. The van der Waals surface area contributed by atoms with E-state index in [0.717, 1.165) is 28.0 Å². The van der Waals surface area contributed by atoms with E-state index in [9.17, 15) is 4.39 Å². The molecule has 2 aromatic carbocycles. The van der Waals surface area contributed by atoms with Gasteiger partial charge in [-0.3, -0.25) is 0 Å². The Hall–Kier alpha value is -2.34. The molecule has 2 rings (SSSR count). The maximum atomic E-state index is 13.2. The first kappa shape index (κ1) is 14.1. The lowest BCUT2D eigenvalue weighted by atomic mass is 10.1. The van der Waals surface area contributed by atoms with Gasteiger partial charge in [-0.25, -0.2) is 4.39 Å². The smallest absolute Gasteiger partial charge is 0.125 e. The normalized spacial score (nSPS) is 10.2. The zero-order chi connectivity index (χ0) is 14.7. The summed E-state index contributed by atoms with van der Waals surface area (Å²) in [5, 5.41) is 8.92. The van der Waals surface area contributed by atoms with E-state index in [1.807, 2.05) is 20.8 Å². The summed E-state index contributed by atoms with van der Waals surface area (Å²) in [4.78, 5) is 0. The Kier molecular flexibility index (Phi) is 4.05. The van der Waals surface area contributed by atoms with Crippen LogP contribution in [0.1, 0.15) is 27.8 Å². The molecule has 0 spiro atoms. The third-order valence-electron chi connectivity index (χ3n) is 3.27. The Morgan fingerprint density at radius 3 is 2.30 bits per heavy atom. The minimum Gasteiger partial charge on any atom is -0.488 e. The van der Waals surface area contributed by atoms with Gasteiger partial charge < -0.3 is 4.74 Å². The molecule has 0 bridgehead atoms. The maximum Gasteiger partial charge on any atom is 0.125 e. The molecule has 2 nitrogen and oxygen atoms in total. The lowest BCUT2D eigenvalue weighted by Crippen LogP contribution is -2.01. The van der Waals surface area contributed by atoms with Crippen molar-refractivity contribution < 1.29 is 9.13 Å². The summed E-state index contributed by atoms with van der Waals surface area (Å²) in [6.07, 6.45) is 0. The average molecular weight is 269 g/mol. The van der Waals surface area contributed by atoms with Gasteiger partial charge in [-0.1, -0.05) is 6.07 Å². The summed E-state index contributed by atoms with van der Waals surface area (Å²) in [5.41, 5.74) is 4.27. The van der Waals surface area contributed by atoms with E-state index < -0.39 is 0 Å². The number of rotatable bonds is 3. The molecule has 0 fully saturated rings. The number of nitriles is 1. The minimum absolute atomic E-state index is 0.262. The molecule has 0 saturated carbocycles. The van der Waals surface area contributed by atoms with Gasteiger partial charge in [0.1, 0.15) is 18.2 Å². The van der Waals surface area contributed by atoms with Crippen molar-refractivity contribution in [1.29, 1.82) is 5.26 Å². The van der Waals surface area contributed by atoms with Crippen LogP contribution in [-0.4, -0.2) is 0 Å². The largest absolute Gasteiger partial charge is 0.488 e. The van der Waals surface area contributed by atoms with Crippen LogP contribution in [0.4, 0.5) is 4.39 Å². The van der Waals surface area contributed by atoms with Gasteiger partial charge in [0.05, 0.1) is 11.6 Å². The molecular formula is C17H16FNO. The van der Waals surface area contributed by atoms with Crippen molar-refractivity contribution >= 4 is 0 Å². The number of ether oxygens (including phenoxy) is 1. The van der Waals surface area contributed by atoms with E-state index in [1.54, 1.807) is 18.2 Å². The number of halogens is 1. The predicted octanol–water partition coefficient (Wildman–Crippen LogP) is 4.20. The number of aryl methyl sites for hydroxylation is 3. The molecule has 2 aromatic rings. The van der Waals surface area contributed by atoms with E-state index in [-0.39, 0.29) is 5.82 Å². The third-order valence-corrected chi connectivity index (χ3v) is 3.27. The summed E-state index contributed by atoms with van der Waals surface area (Å²) in [5.74, 6) is 0.495. The predicted molar refractivity (Wildman–Crippen MR) is 76.1 cm³/mol. The SMILES string of the molecule is Cc1ccc(F)cc1COc1c(C)cc(C#N)cc1C. The zero-order valence-corrected chi connectivity index (χ0v) is 11.8. The summed E-state index contributed by atoms with van der Waals surface area (Å²) < 4.78 is 19.1. The number of benzene rings is 2. The van der Waals surface area contributed by atoms with Gasteiger partial charge in [-0.2, -0.15) is 5.26 Å². The topological polar surface area (TPSA) is 33.0 Å². The van der Waals surface area contributed by atoms with Gasteiger partial charge in [-0.05, 0) is 67.3 Å². The molecule has 20 heavy (non-hydrogen) atoms. The molecule has 0 unspecified atom stereocenters. The van der Waals surface area contributed by atoms with Crippen LogP contribution in [0.3, 0.4) is 0 Å².